The van der Waals surface area contributed by atoms with E-state index in [2.05, 4.69) is 26.3 Å². The van der Waals surface area contributed by atoms with Crippen molar-refractivity contribution in [3.63, 3.8) is 0 Å². The molecule has 34 heavy (non-hydrogen) atoms. The van der Waals surface area contributed by atoms with Crippen molar-refractivity contribution in [2.24, 2.45) is 0 Å². The van der Waals surface area contributed by atoms with Crippen LogP contribution in [0.3, 0.4) is 0 Å². The van der Waals surface area contributed by atoms with E-state index in [0.29, 0.717) is 54.6 Å². The zero-order chi connectivity index (χ0) is 24.3. The van der Waals surface area contributed by atoms with E-state index in [1.54, 1.807) is 44.4 Å². The number of anilines is 2. The fraction of sp³-hybridized carbons (Fsp3) is 0.320. The SMILES string of the molecule is Cc1ncc(NC(=O)c2ccnc(C(C)(C)O)c2)cc1-c1cnc(N2CCOCC2)c(C#N)c1. The van der Waals surface area contributed by atoms with Crippen LogP contribution in [0.25, 0.3) is 11.1 Å². The fourth-order valence-corrected chi connectivity index (χ4v) is 3.72. The average molecular weight is 459 g/mol. The number of hydrogen-bond donors (Lipinski definition) is 2. The molecule has 0 aliphatic carbocycles. The lowest BCUT2D eigenvalue weighted by molar-refractivity contribution is 0.0737. The number of carbonyl (C=O) groups is 1. The summed E-state index contributed by atoms with van der Waals surface area (Å²) in [5.41, 5.74) is 2.84. The van der Waals surface area contributed by atoms with E-state index in [1.165, 1.54) is 6.20 Å². The number of rotatable bonds is 5. The third-order valence-electron chi connectivity index (χ3n) is 5.60. The van der Waals surface area contributed by atoms with Gasteiger partial charge in [-0.15, -0.1) is 0 Å². The number of carbonyl (C=O) groups excluding carboxylic acids is 1. The third kappa shape index (κ3) is 5.03. The first kappa shape index (κ1) is 23.3. The Kier molecular flexibility index (Phi) is 6.54. The quantitative estimate of drug-likeness (QED) is 0.598. The highest BCUT2D eigenvalue weighted by atomic mass is 16.5. The molecule has 1 aliphatic rings. The largest absolute Gasteiger partial charge is 0.384 e. The summed E-state index contributed by atoms with van der Waals surface area (Å²) in [5.74, 6) is 0.299. The Balaban J connectivity index is 1.60. The Labute approximate surface area is 198 Å². The maximum Gasteiger partial charge on any atom is 0.255 e. The maximum atomic E-state index is 12.8. The molecular weight excluding hydrogens is 432 g/mol. The van der Waals surface area contributed by atoms with Crippen LogP contribution in [0.5, 0.6) is 0 Å². The van der Waals surface area contributed by atoms with Gasteiger partial charge in [0.1, 0.15) is 17.5 Å². The summed E-state index contributed by atoms with van der Waals surface area (Å²) in [6, 6.07) is 9.00. The molecule has 0 saturated carbocycles. The Hall–Kier alpha value is -3.87. The summed E-state index contributed by atoms with van der Waals surface area (Å²) >= 11 is 0. The number of nitriles is 1. The van der Waals surface area contributed by atoms with Gasteiger partial charge in [0.15, 0.2) is 0 Å². The van der Waals surface area contributed by atoms with E-state index < -0.39 is 5.60 Å². The number of nitrogens with zero attached hydrogens (tertiary/aromatic N) is 5. The van der Waals surface area contributed by atoms with Crippen molar-refractivity contribution in [2.75, 3.05) is 36.5 Å². The summed E-state index contributed by atoms with van der Waals surface area (Å²) < 4.78 is 5.39. The third-order valence-corrected chi connectivity index (χ3v) is 5.60. The molecule has 0 radical (unpaired) electrons. The van der Waals surface area contributed by atoms with Crippen molar-refractivity contribution >= 4 is 17.4 Å². The molecule has 3 aromatic heterocycles. The summed E-state index contributed by atoms with van der Waals surface area (Å²) in [7, 11) is 0. The molecular formula is C25H26N6O3. The molecule has 0 bridgehead atoms. The van der Waals surface area contributed by atoms with Crippen LogP contribution in [-0.4, -0.2) is 52.3 Å². The highest BCUT2D eigenvalue weighted by molar-refractivity contribution is 6.04. The number of aryl methyl sites for hydroxylation is 1. The monoisotopic (exact) mass is 458 g/mol. The molecule has 0 unspecified atom stereocenters. The van der Waals surface area contributed by atoms with Gasteiger partial charge in [0.2, 0.25) is 0 Å². The van der Waals surface area contributed by atoms with Gasteiger partial charge in [-0.1, -0.05) is 0 Å². The zero-order valence-corrected chi connectivity index (χ0v) is 19.4. The lowest BCUT2D eigenvalue weighted by Gasteiger charge is -2.28. The molecule has 0 aromatic carbocycles. The number of aromatic nitrogens is 3. The lowest BCUT2D eigenvalue weighted by atomic mass is 10.0. The van der Waals surface area contributed by atoms with E-state index in [0.717, 1.165) is 16.8 Å². The first-order valence-corrected chi connectivity index (χ1v) is 11.0. The van der Waals surface area contributed by atoms with Crippen molar-refractivity contribution < 1.29 is 14.6 Å². The van der Waals surface area contributed by atoms with Gasteiger partial charge in [-0.2, -0.15) is 5.26 Å². The Morgan fingerprint density at radius 1 is 1.18 bits per heavy atom. The molecule has 3 aromatic rings. The Morgan fingerprint density at radius 3 is 2.65 bits per heavy atom. The van der Waals surface area contributed by atoms with Gasteiger partial charge in [0.05, 0.1) is 36.4 Å². The minimum atomic E-state index is -1.16. The molecule has 174 valence electrons. The summed E-state index contributed by atoms with van der Waals surface area (Å²) in [6.45, 7) is 7.67. The number of hydrogen-bond acceptors (Lipinski definition) is 8. The fourth-order valence-electron chi connectivity index (χ4n) is 3.72. The smallest absolute Gasteiger partial charge is 0.255 e. The van der Waals surface area contributed by atoms with Crippen LogP contribution in [0.15, 0.2) is 42.9 Å². The van der Waals surface area contributed by atoms with Crippen LogP contribution in [0.4, 0.5) is 11.5 Å². The molecule has 1 saturated heterocycles. The minimum absolute atomic E-state index is 0.344. The number of nitrogens with one attached hydrogen (secondary N) is 1. The van der Waals surface area contributed by atoms with Crippen LogP contribution >= 0.6 is 0 Å². The maximum absolute atomic E-state index is 12.8. The summed E-state index contributed by atoms with van der Waals surface area (Å²) in [4.78, 5) is 28.0. The van der Waals surface area contributed by atoms with Gasteiger partial charge >= 0.3 is 0 Å². The second-order valence-corrected chi connectivity index (χ2v) is 8.61. The molecule has 0 atom stereocenters. The van der Waals surface area contributed by atoms with Gasteiger partial charge in [-0.3, -0.25) is 14.8 Å². The van der Waals surface area contributed by atoms with E-state index >= 15 is 0 Å². The van der Waals surface area contributed by atoms with Gasteiger partial charge in [-0.25, -0.2) is 4.98 Å². The van der Waals surface area contributed by atoms with Crippen LogP contribution in [0.1, 0.15) is 41.2 Å². The standard InChI is InChI=1S/C25H26N6O3/c1-16-21(19-10-18(13-26)23(29-14-19)31-6-8-34-9-7-31)12-20(15-28-16)30-24(32)17-4-5-27-22(11-17)25(2,3)33/h4-5,10-12,14-15,33H,6-9H2,1-3H3,(H,30,32). The lowest BCUT2D eigenvalue weighted by Crippen LogP contribution is -2.37. The predicted octanol–water partition coefficient (Wildman–Crippen LogP) is 3.04. The predicted molar refractivity (Wildman–Crippen MR) is 127 cm³/mol. The summed E-state index contributed by atoms with van der Waals surface area (Å²) in [5, 5.41) is 22.8. The van der Waals surface area contributed by atoms with E-state index in [9.17, 15) is 15.2 Å². The molecule has 9 nitrogen and oxygen atoms in total. The highest BCUT2D eigenvalue weighted by Crippen LogP contribution is 2.29. The normalized spacial score (nSPS) is 13.9. The minimum Gasteiger partial charge on any atom is -0.384 e. The molecule has 2 N–H and O–H groups in total. The van der Waals surface area contributed by atoms with Crippen molar-refractivity contribution in [2.45, 2.75) is 26.4 Å². The number of morpholine rings is 1. The van der Waals surface area contributed by atoms with Crippen LogP contribution < -0.4 is 10.2 Å². The topological polar surface area (TPSA) is 124 Å². The molecule has 4 heterocycles. The van der Waals surface area contributed by atoms with Gasteiger partial charge < -0.3 is 20.1 Å². The van der Waals surface area contributed by atoms with E-state index in [1.807, 2.05) is 17.9 Å². The number of amides is 1. The van der Waals surface area contributed by atoms with Crippen molar-refractivity contribution in [1.82, 2.24) is 15.0 Å². The first-order valence-electron chi connectivity index (χ1n) is 11.0. The Bertz CT molecular complexity index is 1260. The van der Waals surface area contributed by atoms with Crippen LogP contribution in [0.2, 0.25) is 0 Å². The van der Waals surface area contributed by atoms with Gasteiger partial charge in [0.25, 0.3) is 5.91 Å². The van der Waals surface area contributed by atoms with Crippen LogP contribution in [-0.2, 0) is 10.3 Å². The van der Waals surface area contributed by atoms with E-state index in [-0.39, 0.29) is 5.91 Å². The van der Waals surface area contributed by atoms with Gasteiger partial charge in [-0.05, 0) is 45.0 Å². The first-order chi connectivity index (χ1) is 16.3. The molecule has 1 aliphatic heterocycles. The second-order valence-electron chi connectivity index (χ2n) is 8.61. The van der Waals surface area contributed by atoms with E-state index in [4.69, 9.17) is 4.74 Å². The average Bonchev–Trinajstić information content (AvgIpc) is 2.85. The van der Waals surface area contributed by atoms with Crippen molar-refractivity contribution in [1.29, 1.82) is 5.26 Å². The number of ether oxygens (including phenoxy) is 1. The van der Waals surface area contributed by atoms with Gasteiger partial charge in [0, 0.05) is 47.9 Å². The summed E-state index contributed by atoms with van der Waals surface area (Å²) in [6.07, 6.45) is 4.79. The van der Waals surface area contributed by atoms with Crippen molar-refractivity contribution in [3.05, 3.63) is 65.4 Å². The Morgan fingerprint density at radius 2 is 1.94 bits per heavy atom. The second kappa shape index (κ2) is 9.55. The number of pyridine rings is 3. The zero-order valence-electron chi connectivity index (χ0n) is 19.4. The molecule has 4 rings (SSSR count). The molecule has 0 spiro atoms. The molecule has 1 amide bonds. The van der Waals surface area contributed by atoms with Crippen LogP contribution in [0, 0.1) is 18.3 Å². The van der Waals surface area contributed by atoms with Crippen molar-refractivity contribution in [3.8, 4) is 17.2 Å². The molecule has 1 fully saturated rings. The molecule has 9 heteroatoms. The number of aliphatic hydroxyl groups is 1. The highest BCUT2D eigenvalue weighted by Gasteiger charge is 2.20.